The summed E-state index contributed by atoms with van der Waals surface area (Å²) in [5.41, 5.74) is 2.04. The SMILES string of the molecule is CCOc1ccc(C#Cc2c(Cl)nc(NCCOC)nc2NCCC(CC)CO)c(C)n1. The smallest absolute Gasteiger partial charge is 0.226 e. The van der Waals surface area contributed by atoms with E-state index in [4.69, 9.17) is 21.1 Å². The van der Waals surface area contributed by atoms with Gasteiger partial charge in [-0.2, -0.15) is 9.97 Å². The molecule has 1 atom stereocenters. The normalized spacial score (nSPS) is 11.4. The van der Waals surface area contributed by atoms with Crippen LogP contribution in [-0.2, 0) is 4.74 Å². The molecule has 0 radical (unpaired) electrons. The van der Waals surface area contributed by atoms with Gasteiger partial charge in [-0.1, -0.05) is 36.8 Å². The van der Waals surface area contributed by atoms with E-state index in [-0.39, 0.29) is 17.7 Å². The van der Waals surface area contributed by atoms with Crippen LogP contribution in [0.4, 0.5) is 11.8 Å². The van der Waals surface area contributed by atoms with E-state index in [1.165, 1.54) is 0 Å². The number of rotatable bonds is 12. The lowest BCUT2D eigenvalue weighted by Gasteiger charge is -2.14. The van der Waals surface area contributed by atoms with Crippen molar-refractivity contribution >= 4 is 23.4 Å². The first kappa shape index (κ1) is 25.7. The van der Waals surface area contributed by atoms with Crippen molar-refractivity contribution in [2.24, 2.45) is 5.92 Å². The topological polar surface area (TPSA) is 101 Å². The minimum atomic E-state index is 0.156. The number of anilines is 2. The van der Waals surface area contributed by atoms with Crippen molar-refractivity contribution in [1.29, 1.82) is 0 Å². The molecule has 2 heterocycles. The number of methoxy groups -OCH3 is 1. The van der Waals surface area contributed by atoms with Crippen molar-refractivity contribution in [3.63, 3.8) is 0 Å². The maximum Gasteiger partial charge on any atom is 0.226 e. The number of aromatic nitrogens is 3. The molecular weight excluding hydrogens is 430 g/mol. The molecule has 0 fully saturated rings. The summed E-state index contributed by atoms with van der Waals surface area (Å²) in [7, 11) is 1.63. The van der Waals surface area contributed by atoms with E-state index in [0.717, 1.165) is 24.1 Å². The molecular formula is C23H32ClN5O3. The molecule has 174 valence electrons. The van der Waals surface area contributed by atoms with Crippen LogP contribution in [0.15, 0.2) is 12.1 Å². The zero-order chi connectivity index (χ0) is 23.3. The van der Waals surface area contributed by atoms with Crippen LogP contribution in [0.1, 0.15) is 43.5 Å². The van der Waals surface area contributed by atoms with Gasteiger partial charge in [0.2, 0.25) is 11.8 Å². The van der Waals surface area contributed by atoms with Gasteiger partial charge in [-0.25, -0.2) is 4.98 Å². The zero-order valence-electron chi connectivity index (χ0n) is 19.2. The molecule has 0 saturated carbocycles. The first-order valence-corrected chi connectivity index (χ1v) is 11.2. The van der Waals surface area contributed by atoms with Crippen LogP contribution in [-0.4, -0.2) is 60.1 Å². The highest BCUT2D eigenvalue weighted by Gasteiger charge is 2.13. The third-order valence-electron chi connectivity index (χ3n) is 4.81. The van der Waals surface area contributed by atoms with E-state index >= 15 is 0 Å². The Bertz CT molecular complexity index is 926. The molecule has 0 aliphatic heterocycles. The van der Waals surface area contributed by atoms with Crippen molar-refractivity contribution in [2.75, 3.05) is 50.7 Å². The summed E-state index contributed by atoms with van der Waals surface area (Å²) in [5.74, 6) is 7.96. The van der Waals surface area contributed by atoms with Gasteiger partial charge in [0.15, 0.2) is 5.15 Å². The third kappa shape index (κ3) is 7.83. The standard InChI is InChI=1S/C23H32ClN5O3/c1-5-17(15-30)11-12-25-22-19(21(24)28-23(29-22)26-13-14-31-4)9-7-18-8-10-20(32-6-2)27-16(18)3/h8,10,17,30H,5-6,11-15H2,1-4H3,(H2,25,26,28,29). The molecule has 8 nitrogen and oxygen atoms in total. The monoisotopic (exact) mass is 461 g/mol. The van der Waals surface area contributed by atoms with E-state index < -0.39 is 0 Å². The molecule has 0 saturated heterocycles. The Hall–Kier alpha value is -2.60. The Balaban J connectivity index is 2.30. The number of nitrogens with zero attached hydrogens (tertiary/aromatic N) is 3. The molecule has 0 aliphatic carbocycles. The van der Waals surface area contributed by atoms with E-state index in [0.29, 0.717) is 49.5 Å². The summed E-state index contributed by atoms with van der Waals surface area (Å²) in [6, 6.07) is 3.66. The highest BCUT2D eigenvalue weighted by atomic mass is 35.5. The van der Waals surface area contributed by atoms with Gasteiger partial charge >= 0.3 is 0 Å². The quantitative estimate of drug-likeness (QED) is 0.251. The van der Waals surface area contributed by atoms with Crippen molar-refractivity contribution in [3.05, 3.63) is 34.1 Å². The number of halogens is 1. The predicted octanol–water partition coefficient (Wildman–Crippen LogP) is 3.51. The van der Waals surface area contributed by atoms with Gasteiger partial charge in [-0.15, -0.1) is 0 Å². The van der Waals surface area contributed by atoms with Crippen LogP contribution in [0.5, 0.6) is 5.88 Å². The fraction of sp³-hybridized carbons (Fsp3) is 0.522. The lowest BCUT2D eigenvalue weighted by molar-refractivity contribution is 0.210. The number of pyridine rings is 1. The van der Waals surface area contributed by atoms with E-state index in [2.05, 4.69) is 44.4 Å². The summed E-state index contributed by atoms with van der Waals surface area (Å²) in [5, 5.41) is 16.1. The van der Waals surface area contributed by atoms with Crippen LogP contribution in [0.3, 0.4) is 0 Å². The van der Waals surface area contributed by atoms with Crippen LogP contribution >= 0.6 is 11.6 Å². The highest BCUT2D eigenvalue weighted by Crippen LogP contribution is 2.23. The van der Waals surface area contributed by atoms with Gasteiger partial charge in [0.05, 0.1) is 18.9 Å². The summed E-state index contributed by atoms with van der Waals surface area (Å²) in [6.07, 6.45) is 1.71. The van der Waals surface area contributed by atoms with E-state index in [1.807, 2.05) is 19.9 Å². The Morgan fingerprint density at radius 2 is 1.94 bits per heavy atom. The lowest BCUT2D eigenvalue weighted by atomic mass is 10.0. The molecule has 2 aromatic heterocycles. The second kappa shape index (κ2) is 13.7. The summed E-state index contributed by atoms with van der Waals surface area (Å²) >= 11 is 6.48. The second-order valence-corrected chi connectivity index (χ2v) is 7.48. The molecule has 2 rings (SSSR count). The number of nitrogens with one attached hydrogen (secondary N) is 2. The molecule has 3 N–H and O–H groups in total. The van der Waals surface area contributed by atoms with Crippen molar-refractivity contribution in [1.82, 2.24) is 15.0 Å². The number of ether oxygens (including phenoxy) is 2. The summed E-state index contributed by atoms with van der Waals surface area (Å²) < 4.78 is 10.5. The largest absolute Gasteiger partial charge is 0.478 e. The minimum Gasteiger partial charge on any atom is -0.478 e. The Kier molecular flexibility index (Phi) is 11.0. The number of aliphatic hydroxyl groups is 1. The number of hydrogen-bond donors (Lipinski definition) is 3. The fourth-order valence-electron chi connectivity index (χ4n) is 2.86. The van der Waals surface area contributed by atoms with Crippen LogP contribution in [0.2, 0.25) is 5.15 Å². The minimum absolute atomic E-state index is 0.156. The Labute approximate surface area is 195 Å². The highest BCUT2D eigenvalue weighted by molar-refractivity contribution is 6.31. The first-order chi connectivity index (χ1) is 15.5. The maximum atomic E-state index is 9.44. The fourth-order valence-corrected chi connectivity index (χ4v) is 3.08. The molecule has 0 amide bonds. The molecule has 32 heavy (non-hydrogen) atoms. The van der Waals surface area contributed by atoms with Crippen molar-refractivity contribution < 1.29 is 14.6 Å². The number of hydrogen-bond acceptors (Lipinski definition) is 8. The Morgan fingerprint density at radius 1 is 1.12 bits per heavy atom. The average Bonchev–Trinajstić information content (AvgIpc) is 2.77. The van der Waals surface area contributed by atoms with Gasteiger partial charge in [0.1, 0.15) is 11.4 Å². The van der Waals surface area contributed by atoms with E-state index in [9.17, 15) is 5.11 Å². The molecule has 0 aromatic carbocycles. The van der Waals surface area contributed by atoms with Gasteiger partial charge in [0, 0.05) is 38.4 Å². The maximum absolute atomic E-state index is 9.44. The third-order valence-corrected chi connectivity index (χ3v) is 5.08. The summed E-state index contributed by atoms with van der Waals surface area (Å²) in [6.45, 7) is 8.26. The zero-order valence-corrected chi connectivity index (χ0v) is 19.9. The molecule has 0 bridgehead atoms. The van der Waals surface area contributed by atoms with E-state index in [1.54, 1.807) is 13.2 Å². The second-order valence-electron chi connectivity index (χ2n) is 7.12. The van der Waals surface area contributed by atoms with Gasteiger partial charge in [-0.05, 0) is 32.3 Å². The lowest BCUT2D eigenvalue weighted by Crippen LogP contribution is -2.15. The van der Waals surface area contributed by atoms with Crippen molar-refractivity contribution in [3.8, 4) is 17.7 Å². The molecule has 1 unspecified atom stereocenters. The van der Waals surface area contributed by atoms with Crippen LogP contribution in [0.25, 0.3) is 0 Å². The number of aryl methyl sites for hydroxylation is 1. The predicted molar refractivity (Wildman–Crippen MR) is 128 cm³/mol. The molecule has 2 aromatic rings. The van der Waals surface area contributed by atoms with Gasteiger partial charge in [-0.3, -0.25) is 0 Å². The molecule has 0 spiro atoms. The summed E-state index contributed by atoms with van der Waals surface area (Å²) in [4.78, 5) is 13.3. The molecule has 0 aliphatic rings. The first-order valence-electron chi connectivity index (χ1n) is 10.8. The van der Waals surface area contributed by atoms with Gasteiger partial charge < -0.3 is 25.2 Å². The van der Waals surface area contributed by atoms with Crippen LogP contribution in [0, 0.1) is 24.7 Å². The molecule has 9 heteroatoms. The number of aliphatic hydroxyl groups excluding tert-OH is 1. The van der Waals surface area contributed by atoms with Gasteiger partial charge in [0.25, 0.3) is 0 Å². The van der Waals surface area contributed by atoms with Crippen LogP contribution < -0.4 is 15.4 Å². The Morgan fingerprint density at radius 3 is 2.59 bits per heavy atom. The average molecular weight is 462 g/mol. The van der Waals surface area contributed by atoms with Crippen molar-refractivity contribution in [2.45, 2.75) is 33.6 Å².